The zero-order valence-corrected chi connectivity index (χ0v) is 10.2. The third kappa shape index (κ3) is 2.48. The van der Waals surface area contributed by atoms with Gasteiger partial charge in [0.1, 0.15) is 5.82 Å². The number of sulfonamides is 1. The van der Waals surface area contributed by atoms with Gasteiger partial charge in [-0.1, -0.05) is 6.07 Å². The van der Waals surface area contributed by atoms with Crippen molar-refractivity contribution < 1.29 is 12.8 Å². The van der Waals surface area contributed by atoms with Crippen LogP contribution in [0.4, 0.5) is 4.39 Å². The van der Waals surface area contributed by atoms with E-state index in [0.717, 1.165) is 12.5 Å². The molecular weight excluding hydrogens is 243 g/mol. The summed E-state index contributed by atoms with van der Waals surface area (Å²) in [5.74, 6) is -0.334. The Bertz CT molecular complexity index is 504. The van der Waals surface area contributed by atoms with Crippen molar-refractivity contribution in [1.82, 2.24) is 4.31 Å². The third-order valence-corrected chi connectivity index (χ3v) is 4.88. The minimum Gasteiger partial charge on any atom is -0.330 e. The second-order valence-corrected chi connectivity index (χ2v) is 6.15. The Morgan fingerprint density at radius 3 is 2.82 bits per heavy atom. The Kier molecular flexibility index (Phi) is 3.46. The van der Waals surface area contributed by atoms with Gasteiger partial charge in [-0.15, -0.1) is 0 Å². The number of rotatable bonds is 3. The topological polar surface area (TPSA) is 63.4 Å². The van der Waals surface area contributed by atoms with Crippen LogP contribution in [0.5, 0.6) is 0 Å². The molecule has 94 valence electrons. The molecule has 1 aliphatic heterocycles. The number of benzene rings is 1. The van der Waals surface area contributed by atoms with Gasteiger partial charge < -0.3 is 5.73 Å². The molecule has 0 amide bonds. The van der Waals surface area contributed by atoms with Crippen LogP contribution in [-0.4, -0.2) is 32.4 Å². The first-order chi connectivity index (χ1) is 8.04. The fourth-order valence-corrected chi connectivity index (χ4v) is 3.55. The van der Waals surface area contributed by atoms with Crippen molar-refractivity contribution >= 4 is 10.0 Å². The van der Waals surface area contributed by atoms with E-state index < -0.39 is 15.8 Å². The Morgan fingerprint density at radius 2 is 2.24 bits per heavy atom. The molecule has 0 aliphatic carbocycles. The van der Waals surface area contributed by atoms with Crippen LogP contribution in [0.25, 0.3) is 0 Å². The minimum absolute atomic E-state index is 0.00942. The van der Waals surface area contributed by atoms with Gasteiger partial charge in [0.05, 0.1) is 4.90 Å². The van der Waals surface area contributed by atoms with Crippen molar-refractivity contribution in [1.29, 1.82) is 0 Å². The monoisotopic (exact) mass is 258 g/mol. The van der Waals surface area contributed by atoms with E-state index in [1.54, 1.807) is 0 Å². The van der Waals surface area contributed by atoms with Crippen molar-refractivity contribution in [3.05, 3.63) is 30.1 Å². The van der Waals surface area contributed by atoms with Gasteiger partial charge in [-0.3, -0.25) is 0 Å². The molecule has 0 radical (unpaired) electrons. The van der Waals surface area contributed by atoms with Crippen LogP contribution < -0.4 is 5.73 Å². The van der Waals surface area contributed by atoms with Gasteiger partial charge >= 0.3 is 0 Å². The number of halogens is 1. The summed E-state index contributed by atoms with van der Waals surface area (Å²) in [4.78, 5) is 0.00942. The van der Waals surface area contributed by atoms with Gasteiger partial charge in [-0.25, -0.2) is 12.8 Å². The summed E-state index contributed by atoms with van der Waals surface area (Å²) in [5, 5.41) is 0. The van der Waals surface area contributed by atoms with E-state index in [1.165, 1.54) is 22.5 Å². The minimum atomic E-state index is -3.57. The lowest BCUT2D eigenvalue weighted by molar-refractivity contribution is 0.458. The standard InChI is InChI=1S/C11H15FN2O2S/c12-10-2-1-3-11(6-10)17(15,16)14-5-4-9(7-13)8-14/h1-3,6,9H,4-5,7-8,13H2/t9-/m0/s1. The average Bonchev–Trinajstić information content (AvgIpc) is 2.78. The first kappa shape index (κ1) is 12.5. The Hall–Kier alpha value is -0.980. The van der Waals surface area contributed by atoms with Gasteiger partial charge in [-0.05, 0) is 37.1 Å². The van der Waals surface area contributed by atoms with Crippen LogP contribution in [0.15, 0.2) is 29.2 Å². The summed E-state index contributed by atoms with van der Waals surface area (Å²) in [6, 6.07) is 5.09. The van der Waals surface area contributed by atoms with Crippen LogP contribution in [0.2, 0.25) is 0 Å². The highest BCUT2D eigenvalue weighted by Crippen LogP contribution is 2.23. The maximum Gasteiger partial charge on any atom is 0.243 e. The lowest BCUT2D eigenvalue weighted by atomic mass is 10.1. The van der Waals surface area contributed by atoms with Crippen LogP contribution >= 0.6 is 0 Å². The predicted octanol–water partition coefficient (Wildman–Crippen LogP) is 0.795. The highest BCUT2D eigenvalue weighted by atomic mass is 32.2. The molecule has 0 spiro atoms. The second kappa shape index (κ2) is 4.72. The summed E-state index contributed by atoms with van der Waals surface area (Å²) in [6.45, 7) is 1.37. The Morgan fingerprint density at radius 1 is 1.47 bits per heavy atom. The molecular formula is C11H15FN2O2S. The largest absolute Gasteiger partial charge is 0.330 e. The van der Waals surface area contributed by atoms with Gasteiger partial charge in [0.15, 0.2) is 0 Å². The molecule has 0 saturated carbocycles. The molecule has 2 N–H and O–H groups in total. The fraction of sp³-hybridized carbons (Fsp3) is 0.455. The van der Waals surface area contributed by atoms with E-state index in [-0.39, 0.29) is 10.8 Å². The molecule has 0 unspecified atom stereocenters. The maximum atomic E-state index is 13.0. The molecule has 0 bridgehead atoms. The third-order valence-electron chi connectivity index (χ3n) is 3.02. The zero-order valence-electron chi connectivity index (χ0n) is 9.34. The number of nitrogens with two attached hydrogens (primary N) is 1. The van der Waals surface area contributed by atoms with Crippen molar-refractivity contribution in [3.63, 3.8) is 0 Å². The van der Waals surface area contributed by atoms with Crippen molar-refractivity contribution in [3.8, 4) is 0 Å². The van der Waals surface area contributed by atoms with Crippen LogP contribution in [0, 0.1) is 11.7 Å². The summed E-state index contributed by atoms with van der Waals surface area (Å²) >= 11 is 0. The van der Waals surface area contributed by atoms with Gasteiger partial charge in [0.25, 0.3) is 0 Å². The number of hydrogen-bond acceptors (Lipinski definition) is 3. The highest BCUT2D eigenvalue weighted by Gasteiger charge is 2.31. The molecule has 4 nitrogen and oxygen atoms in total. The lowest BCUT2D eigenvalue weighted by Crippen LogP contribution is -2.30. The predicted molar refractivity (Wildman–Crippen MR) is 62.3 cm³/mol. The first-order valence-electron chi connectivity index (χ1n) is 5.50. The summed E-state index contributed by atoms with van der Waals surface area (Å²) in [6.07, 6.45) is 0.769. The van der Waals surface area contributed by atoms with Crippen molar-refractivity contribution in [2.75, 3.05) is 19.6 Å². The zero-order chi connectivity index (χ0) is 12.5. The van der Waals surface area contributed by atoms with Crippen LogP contribution in [-0.2, 0) is 10.0 Å². The van der Waals surface area contributed by atoms with Gasteiger partial charge in [0.2, 0.25) is 10.0 Å². The maximum absolute atomic E-state index is 13.0. The molecule has 1 atom stereocenters. The van der Waals surface area contributed by atoms with E-state index in [0.29, 0.717) is 19.6 Å². The smallest absolute Gasteiger partial charge is 0.243 e. The molecule has 0 aromatic heterocycles. The quantitative estimate of drug-likeness (QED) is 0.872. The normalized spacial score (nSPS) is 21.9. The summed E-state index contributed by atoms with van der Waals surface area (Å²) < 4.78 is 38.7. The average molecular weight is 258 g/mol. The van der Waals surface area contributed by atoms with Crippen LogP contribution in [0.3, 0.4) is 0 Å². The van der Waals surface area contributed by atoms with E-state index in [9.17, 15) is 12.8 Å². The highest BCUT2D eigenvalue weighted by molar-refractivity contribution is 7.89. The summed E-state index contributed by atoms with van der Waals surface area (Å²) in [7, 11) is -3.57. The van der Waals surface area contributed by atoms with E-state index in [2.05, 4.69) is 0 Å². The van der Waals surface area contributed by atoms with Crippen molar-refractivity contribution in [2.45, 2.75) is 11.3 Å². The van der Waals surface area contributed by atoms with Gasteiger partial charge in [-0.2, -0.15) is 4.31 Å². The van der Waals surface area contributed by atoms with Crippen LogP contribution in [0.1, 0.15) is 6.42 Å². The first-order valence-corrected chi connectivity index (χ1v) is 6.94. The molecule has 1 heterocycles. The molecule has 1 fully saturated rings. The van der Waals surface area contributed by atoms with Gasteiger partial charge in [0, 0.05) is 13.1 Å². The van der Waals surface area contributed by atoms with E-state index in [4.69, 9.17) is 5.73 Å². The number of nitrogens with zero attached hydrogens (tertiary/aromatic N) is 1. The molecule has 1 saturated heterocycles. The van der Waals surface area contributed by atoms with Crippen molar-refractivity contribution in [2.24, 2.45) is 11.7 Å². The molecule has 1 aromatic carbocycles. The molecule has 2 rings (SSSR count). The molecule has 1 aliphatic rings. The molecule has 1 aromatic rings. The number of hydrogen-bond donors (Lipinski definition) is 1. The van der Waals surface area contributed by atoms with E-state index in [1.807, 2.05) is 0 Å². The summed E-state index contributed by atoms with van der Waals surface area (Å²) in [5.41, 5.74) is 5.52. The molecule has 6 heteroatoms. The molecule has 17 heavy (non-hydrogen) atoms. The Labute approximate surface area is 100 Å². The SMILES string of the molecule is NC[C@@H]1CCN(S(=O)(=O)c2cccc(F)c2)C1. The lowest BCUT2D eigenvalue weighted by Gasteiger charge is -2.16. The second-order valence-electron chi connectivity index (χ2n) is 4.21. The Balaban J connectivity index is 2.25. The van der Waals surface area contributed by atoms with E-state index >= 15 is 0 Å². The fourth-order valence-electron chi connectivity index (χ4n) is 1.98.